The number of aromatic hydroxyl groups is 2. The fraction of sp³-hybridized carbons (Fsp3) is 0.250. The lowest BCUT2D eigenvalue weighted by Gasteiger charge is -2.24. The molecule has 0 aliphatic heterocycles. The number of carboxylic acids is 1. The number of aromatic nitrogens is 1. The molecule has 1 heterocycles. The van der Waals surface area contributed by atoms with E-state index in [0.29, 0.717) is 16.7 Å². The largest absolute Gasteiger partial charge is 0.508 e. The van der Waals surface area contributed by atoms with Crippen LogP contribution in [0.25, 0.3) is 10.9 Å². The van der Waals surface area contributed by atoms with Gasteiger partial charge in [0.05, 0.1) is 12.6 Å². The van der Waals surface area contributed by atoms with Crippen LogP contribution in [0.2, 0.25) is 0 Å². The number of H-pyrrole nitrogens is 1. The first-order valence-electron chi connectivity index (χ1n) is 14.1. The number of phenolic OH excluding ortho intramolecular Hbond substituents is 2. The fourth-order valence-corrected chi connectivity index (χ4v) is 4.79. The zero-order valence-electron chi connectivity index (χ0n) is 24.1. The monoisotopic (exact) mass is 617 g/mol. The number of carbonyl (C=O) groups is 4. The van der Waals surface area contributed by atoms with Gasteiger partial charge in [0.1, 0.15) is 29.6 Å². The first-order chi connectivity index (χ1) is 21.5. The number of para-hydroxylation sites is 1. The first-order valence-corrected chi connectivity index (χ1v) is 14.1. The van der Waals surface area contributed by atoms with Gasteiger partial charge in [0.15, 0.2) is 0 Å². The second-order valence-corrected chi connectivity index (χ2v) is 10.6. The maximum absolute atomic E-state index is 13.5. The number of amides is 3. The molecule has 0 aliphatic rings. The van der Waals surface area contributed by atoms with Crippen molar-refractivity contribution in [1.29, 1.82) is 0 Å². The first kappa shape index (κ1) is 32.5. The van der Waals surface area contributed by atoms with Crippen molar-refractivity contribution in [3.63, 3.8) is 0 Å². The Labute approximate surface area is 258 Å². The number of nitrogens with two attached hydrogens (primary N) is 1. The molecule has 0 saturated heterocycles. The van der Waals surface area contributed by atoms with E-state index in [0.717, 1.165) is 10.9 Å². The highest BCUT2D eigenvalue weighted by atomic mass is 16.4. The van der Waals surface area contributed by atoms with Gasteiger partial charge in [0.25, 0.3) is 0 Å². The van der Waals surface area contributed by atoms with E-state index in [-0.39, 0.29) is 30.8 Å². The number of hydrogen-bond donors (Lipinski definition) is 9. The van der Waals surface area contributed by atoms with Crippen LogP contribution in [0.1, 0.15) is 16.7 Å². The Morgan fingerprint density at radius 3 is 1.82 bits per heavy atom. The molecule has 0 spiro atoms. The summed E-state index contributed by atoms with van der Waals surface area (Å²) in [5.74, 6) is -3.66. The van der Waals surface area contributed by atoms with Gasteiger partial charge in [-0.1, -0.05) is 42.5 Å². The average molecular weight is 618 g/mol. The molecule has 0 fully saturated rings. The number of benzene rings is 3. The van der Waals surface area contributed by atoms with E-state index >= 15 is 0 Å². The highest BCUT2D eigenvalue weighted by molar-refractivity contribution is 5.95. The van der Waals surface area contributed by atoms with Crippen LogP contribution in [0, 0.1) is 0 Å². The smallest absolute Gasteiger partial charge is 0.326 e. The fourth-order valence-electron chi connectivity index (χ4n) is 4.79. The lowest BCUT2D eigenvalue weighted by atomic mass is 10.0. The number of hydrogen-bond acceptors (Lipinski definition) is 8. The van der Waals surface area contributed by atoms with Gasteiger partial charge >= 0.3 is 5.97 Å². The number of carbonyl (C=O) groups excluding carboxylic acids is 3. The van der Waals surface area contributed by atoms with Crippen LogP contribution in [0.5, 0.6) is 11.5 Å². The molecule has 10 N–H and O–H groups in total. The quantitative estimate of drug-likeness (QED) is 0.0956. The zero-order valence-corrected chi connectivity index (χ0v) is 24.1. The number of carboxylic acid groups (broad SMARTS) is 1. The summed E-state index contributed by atoms with van der Waals surface area (Å²) in [6.07, 6.45) is 1.63. The number of fused-ring (bicyclic) bond motifs is 1. The van der Waals surface area contributed by atoms with Crippen LogP contribution in [0.15, 0.2) is 79.0 Å². The predicted octanol–water partition coefficient (Wildman–Crippen LogP) is 0.466. The van der Waals surface area contributed by atoms with Crippen molar-refractivity contribution in [3.8, 4) is 11.5 Å². The molecule has 0 radical (unpaired) electrons. The Balaban J connectivity index is 1.50. The molecule has 3 aromatic carbocycles. The van der Waals surface area contributed by atoms with Gasteiger partial charge in [0, 0.05) is 29.9 Å². The van der Waals surface area contributed by atoms with Crippen LogP contribution in [0.4, 0.5) is 0 Å². The van der Waals surface area contributed by atoms with Crippen molar-refractivity contribution >= 4 is 34.6 Å². The third kappa shape index (κ3) is 8.81. The molecule has 45 heavy (non-hydrogen) atoms. The molecule has 4 aromatic rings. The van der Waals surface area contributed by atoms with Gasteiger partial charge in [0.2, 0.25) is 17.7 Å². The van der Waals surface area contributed by atoms with Gasteiger partial charge in [-0.3, -0.25) is 14.4 Å². The molecule has 4 rings (SSSR count). The Morgan fingerprint density at radius 1 is 0.689 bits per heavy atom. The minimum Gasteiger partial charge on any atom is -0.508 e. The molecule has 0 bridgehead atoms. The summed E-state index contributed by atoms with van der Waals surface area (Å²) in [5, 5.41) is 47.0. The van der Waals surface area contributed by atoms with E-state index in [1.807, 2.05) is 24.3 Å². The number of aromatic amines is 1. The summed E-state index contributed by atoms with van der Waals surface area (Å²) in [6.45, 7) is -0.802. The highest BCUT2D eigenvalue weighted by Gasteiger charge is 2.31. The van der Waals surface area contributed by atoms with Gasteiger partial charge in [-0.15, -0.1) is 0 Å². The van der Waals surface area contributed by atoms with Crippen molar-refractivity contribution in [3.05, 3.63) is 95.7 Å². The lowest BCUT2D eigenvalue weighted by molar-refractivity contribution is -0.142. The minimum absolute atomic E-state index is 0.00278. The van der Waals surface area contributed by atoms with Gasteiger partial charge < -0.3 is 47.1 Å². The van der Waals surface area contributed by atoms with Crippen LogP contribution >= 0.6 is 0 Å². The second kappa shape index (κ2) is 14.9. The molecular formula is C32H35N5O8. The standard InChI is InChI=1S/C32H35N5O8/c33-24(13-18-5-9-21(39)10-6-18)29(41)37-28(17-38)31(43)35-26(15-20-16-34-25-4-2-1-3-23(20)25)30(42)36-27(32(44)45)14-19-7-11-22(40)12-8-19/h1-12,16,24,26-28,34,38-40H,13-15,17,33H2,(H,35,43)(H,36,42)(H,37,41)(H,44,45). The van der Waals surface area contributed by atoms with Crippen LogP contribution in [0.3, 0.4) is 0 Å². The molecule has 4 atom stereocenters. The molecule has 236 valence electrons. The van der Waals surface area contributed by atoms with Crippen molar-refractivity contribution in [1.82, 2.24) is 20.9 Å². The average Bonchev–Trinajstić information content (AvgIpc) is 3.43. The van der Waals surface area contributed by atoms with E-state index in [2.05, 4.69) is 20.9 Å². The summed E-state index contributed by atoms with van der Waals surface area (Å²) in [5.41, 5.74) is 8.67. The van der Waals surface area contributed by atoms with E-state index < -0.39 is 54.5 Å². The number of phenols is 2. The van der Waals surface area contributed by atoms with E-state index in [1.54, 1.807) is 18.3 Å². The molecule has 1 aromatic heterocycles. The predicted molar refractivity (Wildman–Crippen MR) is 164 cm³/mol. The number of aliphatic hydroxyl groups excluding tert-OH is 1. The Kier molecular flexibility index (Phi) is 10.7. The van der Waals surface area contributed by atoms with Gasteiger partial charge in [-0.05, 0) is 53.4 Å². The van der Waals surface area contributed by atoms with E-state index in [4.69, 9.17) is 5.73 Å². The molecule has 0 saturated carbocycles. The number of nitrogens with one attached hydrogen (secondary N) is 4. The second-order valence-electron chi connectivity index (χ2n) is 10.6. The Morgan fingerprint density at radius 2 is 1.22 bits per heavy atom. The van der Waals surface area contributed by atoms with Crippen LogP contribution < -0.4 is 21.7 Å². The van der Waals surface area contributed by atoms with E-state index in [9.17, 15) is 39.6 Å². The normalized spacial score (nSPS) is 13.7. The topological polar surface area (TPSA) is 227 Å². The number of rotatable bonds is 14. The summed E-state index contributed by atoms with van der Waals surface area (Å²) >= 11 is 0. The summed E-state index contributed by atoms with van der Waals surface area (Å²) in [4.78, 5) is 54.8. The third-order valence-corrected chi connectivity index (χ3v) is 7.27. The van der Waals surface area contributed by atoms with Crippen LogP contribution in [-0.4, -0.2) is 79.9 Å². The van der Waals surface area contributed by atoms with Gasteiger partial charge in [-0.2, -0.15) is 0 Å². The lowest BCUT2D eigenvalue weighted by Crippen LogP contribution is -2.58. The molecule has 0 aliphatic carbocycles. The van der Waals surface area contributed by atoms with E-state index in [1.165, 1.54) is 36.4 Å². The maximum Gasteiger partial charge on any atom is 0.326 e. The molecular weight excluding hydrogens is 582 g/mol. The third-order valence-electron chi connectivity index (χ3n) is 7.27. The number of aliphatic hydroxyl groups is 1. The molecule has 3 amide bonds. The maximum atomic E-state index is 13.5. The Bertz CT molecular complexity index is 1640. The van der Waals surface area contributed by atoms with Crippen molar-refractivity contribution in [2.24, 2.45) is 5.73 Å². The molecule has 4 unspecified atom stereocenters. The van der Waals surface area contributed by atoms with Crippen molar-refractivity contribution in [2.45, 2.75) is 43.4 Å². The van der Waals surface area contributed by atoms with Gasteiger partial charge in [-0.25, -0.2) is 4.79 Å². The zero-order chi connectivity index (χ0) is 32.5. The molecule has 13 nitrogen and oxygen atoms in total. The van der Waals surface area contributed by atoms with Crippen molar-refractivity contribution in [2.75, 3.05) is 6.61 Å². The summed E-state index contributed by atoms with van der Waals surface area (Å²) in [6, 6.07) is 14.0. The molecule has 13 heteroatoms. The highest BCUT2D eigenvalue weighted by Crippen LogP contribution is 2.20. The SMILES string of the molecule is NC(Cc1ccc(O)cc1)C(=O)NC(CO)C(=O)NC(Cc1c[nH]c2ccccc12)C(=O)NC(Cc1ccc(O)cc1)C(=O)O. The summed E-state index contributed by atoms with van der Waals surface area (Å²) < 4.78 is 0. The summed E-state index contributed by atoms with van der Waals surface area (Å²) in [7, 11) is 0. The Hall–Kier alpha value is -5.40. The minimum atomic E-state index is -1.46. The van der Waals surface area contributed by atoms with Crippen molar-refractivity contribution < 1.29 is 39.6 Å². The number of aliphatic carboxylic acids is 1. The van der Waals surface area contributed by atoms with Crippen LogP contribution in [-0.2, 0) is 38.4 Å².